The molecule has 2 aliphatic rings. The molecule has 7 heteroatoms. The predicted molar refractivity (Wildman–Crippen MR) is 108 cm³/mol. The fraction of sp³-hybridized carbons (Fsp3) is 0.773. The number of ether oxygens (including phenoxy) is 3. The van der Waals surface area contributed by atoms with Gasteiger partial charge in [0.15, 0.2) is 0 Å². The molecule has 1 spiro atoms. The molecule has 2 fully saturated rings. The van der Waals surface area contributed by atoms with Crippen molar-refractivity contribution >= 4 is 18.0 Å². The molecular formula is C22H35NO6. The third kappa shape index (κ3) is 5.97. The summed E-state index contributed by atoms with van der Waals surface area (Å²) in [5.41, 5.74) is -2.80. The Bertz CT molecular complexity index is 664. The van der Waals surface area contributed by atoms with E-state index in [4.69, 9.17) is 14.2 Å². The summed E-state index contributed by atoms with van der Waals surface area (Å²) in [6, 6.07) is 0. The molecule has 1 atom stereocenters. The van der Waals surface area contributed by atoms with Crippen molar-refractivity contribution in [2.24, 2.45) is 5.41 Å². The third-order valence-corrected chi connectivity index (χ3v) is 5.17. The van der Waals surface area contributed by atoms with Gasteiger partial charge in [0, 0.05) is 32.4 Å². The minimum Gasteiger partial charge on any atom is -0.460 e. The fourth-order valence-corrected chi connectivity index (χ4v) is 4.02. The van der Waals surface area contributed by atoms with E-state index >= 15 is 0 Å². The summed E-state index contributed by atoms with van der Waals surface area (Å²) < 4.78 is 16.7. The molecule has 0 aromatic heterocycles. The van der Waals surface area contributed by atoms with Gasteiger partial charge in [-0.25, -0.2) is 4.79 Å². The van der Waals surface area contributed by atoms with Gasteiger partial charge in [-0.2, -0.15) is 0 Å². The van der Waals surface area contributed by atoms with E-state index in [-0.39, 0.29) is 18.5 Å². The first kappa shape index (κ1) is 23.2. The van der Waals surface area contributed by atoms with Crippen LogP contribution >= 0.6 is 0 Å². The first-order chi connectivity index (χ1) is 13.2. The maximum Gasteiger partial charge on any atom is 0.410 e. The molecule has 0 N–H and O–H groups in total. The lowest BCUT2D eigenvalue weighted by Gasteiger charge is -2.38. The topological polar surface area (TPSA) is 82.1 Å². The van der Waals surface area contributed by atoms with Crippen LogP contribution in [0.1, 0.15) is 73.6 Å². The van der Waals surface area contributed by atoms with Gasteiger partial charge in [0.1, 0.15) is 16.8 Å². The Hall–Kier alpha value is -2.05. The number of nitrogens with zero attached hydrogens (tertiary/aromatic N) is 1. The number of carbonyl (C=O) groups is 3. The van der Waals surface area contributed by atoms with E-state index in [0.717, 1.165) is 0 Å². The summed E-state index contributed by atoms with van der Waals surface area (Å²) >= 11 is 0. The summed E-state index contributed by atoms with van der Waals surface area (Å²) in [6.07, 6.45) is 3.07. The molecule has 7 nitrogen and oxygen atoms in total. The van der Waals surface area contributed by atoms with E-state index in [1.54, 1.807) is 31.7 Å². The van der Waals surface area contributed by atoms with Crippen molar-refractivity contribution in [1.29, 1.82) is 0 Å². The van der Waals surface area contributed by atoms with Crippen LogP contribution in [0.4, 0.5) is 4.79 Å². The van der Waals surface area contributed by atoms with Crippen LogP contribution in [0.5, 0.6) is 0 Å². The number of carbonyl (C=O) groups excluding carboxylic acids is 3. The number of piperidine rings is 1. The van der Waals surface area contributed by atoms with E-state index in [0.29, 0.717) is 38.8 Å². The van der Waals surface area contributed by atoms with Crippen LogP contribution < -0.4 is 0 Å². The second-order valence-electron chi connectivity index (χ2n) is 10.3. The van der Waals surface area contributed by atoms with Crippen LogP contribution in [0.15, 0.2) is 12.7 Å². The summed E-state index contributed by atoms with van der Waals surface area (Å²) in [5, 5.41) is 0. The Labute approximate surface area is 173 Å². The van der Waals surface area contributed by atoms with Gasteiger partial charge in [-0.3, -0.25) is 9.59 Å². The number of likely N-dealkylation sites (tertiary alicyclic amines) is 1. The van der Waals surface area contributed by atoms with Crippen LogP contribution in [0.25, 0.3) is 0 Å². The van der Waals surface area contributed by atoms with Gasteiger partial charge < -0.3 is 19.1 Å². The zero-order chi connectivity index (χ0) is 22.1. The minimum atomic E-state index is -0.960. The largest absolute Gasteiger partial charge is 0.460 e. The van der Waals surface area contributed by atoms with Crippen molar-refractivity contribution < 1.29 is 28.6 Å². The van der Waals surface area contributed by atoms with Gasteiger partial charge in [-0.05, 0) is 48.0 Å². The van der Waals surface area contributed by atoms with Gasteiger partial charge in [0.2, 0.25) is 0 Å². The van der Waals surface area contributed by atoms with E-state index in [9.17, 15) is 14.4 Å². The molecule has 2 rings (SSSR count). The van der Waals surface area contributed by atoms with Gasteiger partial charge >= 0.3 is 18.0 Å². The zero-order valence-electron chi connectivity index (χ0n) is 18.6. The first-order valence-electron chi connectivity index (χ1n) is 10.2. The zero-order valence-corrected chi connectivity index (χ0v) is 18.6. The number of hydrogen-bond acceptors (Lipinski definition) is 6. The number of rotatable bonds is 4. The van der Waals surface area contributed by atoms with Gasteiger partial charge in [-0.1, -0.05) is 6.08 Å². The second kappa shape index (κ2) is 8.00. The van der Waals surface area contributed by atoms with E-state index in [1.807, 2.05) is 20.8 Å². The van der Waals surface area contributed by atoms with Crippen LogP contribution in [-0.4, -0.2) is 52.8 Å². The number of hydrogen-bond donors (Lipinski definition) is 0. The molecule has 1 amide bonds. The van der Waals surface area contributed by atoms with Crippen molar-refractivity contribution in [2.75, 3.05) is 13.1 Å². The van der Waals surface area contributed by atoms with Crippen LogP contribution in [0.2, 0.25) is 0 Å². The Kier molecular flexibility index (Phi) is 6.40. The number of esters is 2. The van der Waals surface area contributed by atoms with E-state index in [1.165, 1.54) is 0 Å². The lowest BCUT2D eigenvalue weighted by Crippen LogP contribution is -2.48. The summed E-state index contributed by atoms with van der Waals surface area (Å²) in [7, 11) is 0. The van der Waals surface area contributed by atoms with E-state index in [2.05, 4.69) is 6.58 Å². The van der Waals surface area contributed by atoms with Gasteiger partial charge in [0.05, 0.1) is 11.8 Å². The normalized spacial score (nSPS) is 24.2. The SMILES string of the molecule is C=CCC1(CC(=O)OC(C)(C)C)CC2(CCN(C(=O)OC(C)(C)C)CC2)OC1=O. The lowest BCUT2D eigenvalue weighted by molar-refractivity contribution is -0.164. The highest BCUT2D eigenvalue weighted by atomic mass is 16.6. The monoisotopic (exact) mass is 409 g/mol. The van der Waals surface area contributed by atoms with E-state index < -0.39 is 28.2 Å². The lowest BCUT2D eigenvalue weighted by atomic mass is 9.72. The average Bonchev–Trinajstić information content (AvgIpc) is 2.76. The van der Waals surface area contributed by atoms with Crippen molar-refractivity contribution in [3.63, 3.8) is 0 Å². The van der Waals surface area contributed by atoms with Crippen molar-refractivity contribution in [1.82, 2.24) is 4.90 Å². The van der Waals surface area contributed by atoms with Crippen LogP contribution in [-0.2, 0) is 23.8 Å². The Morgan fingerprint density at radius 3 is 2.14 bits per heavy atom. The number of amides is 1. The number of allylic oxidation sites excluding steroid dienone is 1. The summed E-state index contributed by atoms with van der Waals surface area (Å²) in [6.45, 7) is 15.5. The highest BCUT2D eigenvalue weighted by Gasteiger charge is 2.58. The molecule has 1 unspecified atom stereocenters. The fourth-order valence-electron chi connectivity index (χ4n) is 4.02. The van der Waals surface area contributed by atoms with Crippen molar-refractivity contribution in [3.05, 3.63) is 12.7 Å². The molecular weight excluding hydrogens is 374 g/mol. The molecule has 2 saturated heterocycles. The average molecular weight is 410 g/mol. The summed E-state index contributed by atoms with van der Waals surface area (Å²) in [5.74, 6) is -0.798. The first-order valence-corrected chi connectivity index (χ1v) is 10.2. The second-order valence-corrected chi connectivity index (χ2v) is 10.3. The molecule has 0 bridgehead atoms. The third-order valence-electron chi connectivity index (χ3n) is 5.17. The molecule has 0 aromatic rings. The molecule has 2 aliphatic heterocycles. The molecule has 0 aromatic carbocycles. The van der Waals surface area contributed by atoms with Crippen LogP contribution in [0.3, 0.4) is 0 Å². The van der Waals surface area contributed by atoms with Gasteiger partial charge in [-0.15, -0.1) is 6.58 Å². The minimum absolute atomic E-state index is 0.0351. The van der Waals surface area contributed by atoms with Gasteiger partial charge in [0.25, 0.3) is 0 Å². The smallest absolute Gasteiger partial charge is 0.410 e. The molecule has 0 saturated carbocycles. The molecule has 2 heterocycles. The quantitative estimate of drug-likeness (QED) is 0.397. The summed E-state index contributed by atoms with van der Waals surface area (Å²) in [4.78, 5) is 39.3. The molecule has 0 radical (unpaired) electrons. The van der Waals surface area contributed by atoms with Crippen molar-refractivity contribution in [3.8, 4) is 0 Å². The Balaban J connectivity index is 2.08. The van der Waals surface area contributed by atoms with Crippen molar-refractivity contribution in [2.45, 2.75) is 90.4 Å². The Morgan fingerprint density at radius 2 is 1.66 bits per heavy atom. The molecule has 29 heavy (non-hydrogen) atoms. The highest BCUT2D eigenvalue weighted by Crippen LogP contribution is 2.50. The maximum absolute atomic E-state index is 12.9. The maximum atomic E-state index is 12.9. The molecule has 0 aliphatic carbocycles. The Morgan fingerprint density at radius 1 is 1.10 bits per heavy atom. The van der Waals surface area contributed by atoms with Crippen LogP contribution in [0, 0.1) is 5.41 Å². The predicted octanol–water partition coefficient (Wildman–Crippen LogP) is 4.00. The standard InChI is InChI=1S/C22H35NO6/c1-8-9-21(14-16(24)27-19(2,3)4)15-22(28-17(21)25)10-12-23(13-11-22)18(26)29-20(5,6)7/h8H,1,9-15H2,2-7H3. The highest BCUT2D eigenvalue weighted by molar-refractivity contribution is 5.86. The molecule has 164 valence electrons.